The van der Waals surface area contributed by atoms with E-state index in [4.69, 9.17) is 0 Å². The van der Waals surface area contributed by atoms with Crippen LogP contribution in [0.25, 0.3) is 0 Å². The molecule has 2 saturated carbocycles. The van der Waals surface area contributed by atoms with Gasteiger partial charge in [-0.25, -0.2) is 0 Å². The van der Waals surface area contributed by atoms with Crippen molar-refractivity contribution in [2.24, 2.45) is 5.92 Å². The van der Waals surface area contributed by atoms with Gasteiger partial charge in [-0.1, -0.05) is 12.8 Å². The van der Waals surface area contributed by atoms with Crippen LogP contribution in [0.2, 0.25) is 0 Å². The standard InChI is InChI=1S/C11H22N2/c1-2-4-10(3-1)9-12-7-8-13-11-5-6-11/h10-13H,1-9H2. The zero-order chi connectivity index (χ0) is 8.93. The Morgan fingerprint density at radius 2 is 1.69 bits per heavy atom. The van der Waals surface area contributed by atoms with Gasteiger partial charge in [0.05, 0.1) is 0 Å². The summed E-state index contributed by atoms with van der Waals surface area (Å²) in [6, 6.07) is 0.869. The molecule has 0 atom stereocenters. The van der Waals surface area contributed by atoms with Gasteiger partial charge in [0.1, 0.15) is 0 Å². The van der Waals surface area contributed by atoms with Crippen LogP contribution in [0.1, 0.15) is 38.5 Å². The van der Waals surface area contributed by atoms with Gasteiger partial charge in [0.2, 0.25) is 0 Å². The van der Waals surface area contributed by atoms with Crippen molar-refractivity contribution < 1.29 is 0 Å². The molecule has 0 unspecified atom stereocenters. The fourth-order valence-electron chi connectivity index (χ4n) is 2.17. The van der Waals surface area contributed by atoms with Crippen LogP contribution < -0.4 is 10.6 Å². The maximum atomic E-state index is 3.55. The van der Waals surface area contributed by atoms with Gasteiger partial charge in [-0.3, -0.25) is 0 Å². The molecule has 0 aliphatic heterocycles. The second-order valence-electron chi connectivity index (χ2n) is 4.58. The van der Waals surface area contributed by atoms with Crippen LogP contribution >= 0.6 is 0 Å². The van der Waals surface area contributed by atoms with E-state index in [9.17, 15) is 0 Å². The Morgan fingerprint density at radius 1 is 0.923 bits per heavy atom. The molecule has 0 aromatic rings. The van der Waals surface area contributed by atoms with Gasteiger partial charge in [-0.2, -0.15) is 0 Å². The molecule has 13 heavy (non-hydrogen) atoms. The SMILES string of the molecule is C1CCC(CNCCNC2CC2)C1. The smallest absolute Gasteiger partial charge is 0.00793 e. The fraction of sp³-hybridized carbons (Fsp3) is 1.00. The summed E-state index contributed by atoms with van der Waals surface area (Å²) in [6.45, 7) is 3.58. The second-order valence-corrected chi connectivity index (χ2v) is 4.58. The van der Waals surface area contributed by atoms with Crippen molar-refractivity contribution in [3.05, 3.63) is 0 Å². The van der Waals surface area contributed by atoms with Gasteiger partial charge in [0, 0.05) is 19.1 Å². The molecule has 2 aliphatic carbocycles. The summed E-state index contributed by atoms with van der Waals surface area (Å²) in [5.74, 6) is 0.987. The Morgan fingerprint density at radius 3 is 2.38 bits per heavy atom. The van der Waals surface area contributed by atoms with Crippen LogP contribution in [0.5, 0.6) is 0 Å². The first kappa shape index (κ1) is 9.47. The van der Waals surface area contributed by atoms with E-state index < -0.39 is 0 Å². The minimum atomic E-state index is 0.869. The number of hydrogen-bond donors (Lipinski definition) is 2. The molecule has 0 aromatic heterocycles. The highest BCUT2D eigenvalue weighted by Gasteiger charge is 2.19. The van der Waals surface area contributed by atoms with E-state index in [0.717, 1.165) is 25.0 Å². The van der Waals surface area contributed by atoms with Crippen LogP contribution in [0, 0.1) is 5.92 Å². The molecule has 0 bridgehead atoms. The molecular weight excluding hydrogens is 160 g/mol. The predicted octanol–water partition coefficient (Wildman–Crippen LogP) is 1.52. The van der Waals surface area contributed by atoms with E-state index in [2.05, 4.69) is 10.6 Å². The molecule has 0 saturated heterocycles. The van der Waals surface area contributed by atoms with Gasteiger partial charge >= 0.3 is 0 Å². The highest BCUT2D eigenvalue weighted by atomic mass is 15.0. The third-order valence-electron chi connectivity index (χ3n) is 3.22. The summed E-state index contributed by atoms with van der Waals surface area (Å²) in [6.07, 6.45) is 8.66. The number of hydrogen-bond acceptors (Lipinski definition) is 2. The summed E-state index contributed by atoms with van der Waals surface area (Å²) in [5.41, 5.74) is 0. The molecule has 2 fully saturated rings. The fourth-order valence-corrected chi connectivity index (χ4v) is 2.17. The van der Waals surface area contributed by atoms with Crippen molar-refractivity contribution in [1.29, 1.82) is 0 Å². The quantitative estimate of drug-likeness (QED) is 0.609. The Balaban J connectivity index is 1.39. The van der Waals surface area contributed by atoms with Crippen LogP contribution in [0.4, 0.5) is 0 Å². The number of nitrogens with one attached hydrogen (secondary N) is 2. The second kappa shape index (κ2) is 4.97. The lowest BCUT2D eigenvalue weighted by molar-refractivity contribution is 0.483. The maximum absolute atomic E-state index is 3.55. The van der Waals surface area contributed by atoms with E-state index >= 15 is 0 Å². The Bertz CT molecular complexity index is 137. The van der Waals surface area contributed by atoms with Crippen molar-refractivity contribution in [3.63, 3.8) is 0 Å². The largest absolute Gasteiger partial charge is 0.315 e. The number of rotatable bonds is 6. The van der Waals surface area contributed by atoms with Crippen molar-refractivity contribution in [1.82, 2.24) is 10.6 Å². The molecule has 2 heteroatoms. The molecule has 0 amide bonds. The lowest BCUT2D eigenvalue weighted by Gasteiger charge is -2.10. The van der Waals surface area contributed by atoms with Gasteiger partial charge in [-0.05, 0) is 38.1 Å². The Hall–Kier alpha value is -0.0800. The lowest BCUT2D eigenvalue weighted by atomic mass is 10.1. The summed E-state index contributed by atoms with van der Waals surface area (Å²) >= 11 is 0. The van der Waals surface area contributed by atoms with Crippen molar-refractivity contribution in [3.8, 4) is 0 Å². The van der Waals surface area contributed by atoms with Gasteiger partial charge in [0.15, 0.2) is 0 Å². The minimum Gasteiger partial charge on any atom is -0.315 e. The normalized spacial score (nSPS) is 24.0. The van der Waals surface area contributed by atoms with Crippen LogP contribution in [0.3, 0.4) is 0 Å². The van der Waals surface area contributed by atoms with Crippen LogP contribution in [0.15, 0.2) is 0 Å². The molecule has 0 heterocycles. The molecule has 2 rings (SSSR count). The lowest BCUT2D eigenvalue weighted by Crippen LogP contribution is -2.31. The van der Waals surface area contributed by atoms with E-state index in [1.807, 2.05) is 0 Å². The third kappa shape index (κ3) is 3.65. The highest BCUT2D eigenvalue weighted by molar-refractivity contribution is 4.80. The predicted molar refractivity (Wildman–Crippen MR) is 55.9 cm³/mol. The van der Waals surface area contributed by atoms with Gasteiger partial charge in [0.25, 0.3) is 0 Å². The van der Waals surface area contributed by atoms with Crippen molar-refractivity contribution in [2.45, 2.75) is 44.6 Å². The molecular formula is C11H22N2. The average molecular weight is 182 g/mol. The molecule has 0 spiro atoms. The molecule has 0 aromatic carbocycles. The molecule has 2 aliphatic rings. The average Bonchev–Trinajstić information content (AvgIpc) is 2.81. The monoisotopic (exact) mass is 182 g/mol. The molecule has 2 N–H and O–H groups in total. The summed E-state index contributed by atoms with van der Waals surface area (Å²) in [7, 11) is 0. The molecule has 2 nitrogen and oxygen atoms in total. The third-order valence-corrected chi connectivity index (χ3v) is 3.22. The summed E-state index contributed by atoms with van der Waals surface area (Å²) < 4.78 is 0. The molecule has 0 radical (unpaired) electrons. The minimum absolute atomic E-state index is 0.869. The summed E-state index contributed by atoms with van der Waals surface area (Å²) in [4.78, 5) is 0. The topological polar surface area (TPSA) is 24.1 Å². The zero-order valence-corrected chi connectivity index (χ0v) is 8.52. The maximum Gasteiger partial charge on any atom is 0.00793 e. The van der Waals surface area contributed by atoms with Crippen LogP contribution in [-0.4, -0.2) is 25.7 Å². The highest BCUT2D eigenvalue weighted by Crippen LogP contribution is 2.23. The van der Waals surface area contributed by atoms with E-state index in [1.165, 1.54) is 45.1 Å². The summed E-state index contributed by atoms with van der Waals surface area (Å²) in [5, 5.41) is 7.07. The van der Waals surface area contributed by atoms with E-state index in [-0.39, 0.29) is 0 Å². The first-order chi connectivity index (χ1) is 6.45. The first-order valence-electron chi connectivity index (χ1n) is 5.89. The Kier molecular flexibility index (Phi) is 3.62. The van der Waals surface area contributed by atoms with Gasteiger partial charge < -0.3 is 10.6 Å². The molecule has 76 valence electrons. The van der Waals surface area contributed by atoms with E-state index in [1.54, 1.807) is 0 Å². The van der Waals surface area contributed by atoms with Crippen molar-refractivity contribution in [2.75, 3.05) is 19.6 Å². The van der Waals surface area contributed by atoms with Gasteiger partial charge in [-0.15, -0.1) is 0 Å². The first-order valence-corrected chi connectivity index (χ1v) is 5.89. The van der Waals surface area contributed by atoms with E-state index in [0.29, 0.717) is 0 Å². The Labute approximate surface area is 81.5 Å². The zero-order valence-electron chi connectivity index (χ0n) is 8.52. The van der Waals surface area contributed by atoms with Crippen LogP contribution in [-0.2, 0) is 0 Å². The van der Waals surface area contributed by atoms with Crippen molar-refractivity contribution >= 4 is 0 Å².